The molecule has 0 aromatic carbocycles. The molecule has 0 bridgehead atoms. The summed E-state index contributed by atoms with van der Waals surface area (Å²) in [6.45, 7) is 6.34. The summed E-state index contributed by atoms with van der Waals surface area (Å²) in [5, 5.41) is 21.1. The Labute approximate surface area is 130 Å². The maximum atomic E-state index is 11.9. The Balaban J connectivity index is 1.98. The Kier molecular flexibility index (Phi) is 4.45. The number of carboxylic acids is 1. The third-order valence-electron chi connectivity index (χ3n) is 2.61. The van der Waals surface area contributed by atoms with Crippen LogP contribution in [0, 0.1) is 0 Å². The van der Waals surface area contributed by atoms with E-state index < -0.39 is 11.9 Å². The first-order valence-electron chi connectivity index (χ1n) is 6.44. The van der Waals surface area contributed by atoms with Gasteiger partial charge < -0.3 is 10.4 Å². The van der Waals surface area contributed by atoms with Crippen LogP contribution in [0.3, 0.4) is 0 Å². The SMILES string of the molecule is CC(C)(C)c1nnc(CNC(=O)c2cnc(C(=O)O)cn2)s1. The van der Waals surface area contributed by atoms with Gasteiger partial charge in [-0.3, -0.25) is 4.79 Å². The lowest BCUT2D eigenvalue weighted by Gasteiger charge is -2.12. The van der Waals surface area contributed by atoms with Gasteiger partial charge in [0.1, 0.15) is 15.7 Å². The molecule has 0 fully saturated rings. The van der Waals surface area contributed by atoms with Gasteiger partial charge in [0.05, 0.1) is 18.9 Å². The first-order chi connectivity index (χ1) is 10.3. The Morgan fingerprint density at radius 1 is 1.18 bits per heavy atom. The van der Waals surface area contributed by atoms with Crippen molar-refractivity contribution in [3.8, 4) is 0 Å². The highest BCUT2D eigenvalue weighted by Crippen LogP contribution is 2.25. The van der Waals surface area contributed by atoms with Crippen LogP contribution in [0.5, 0.6) is 0 Å². The van der Waals surface area contributed by atoms with Gasteiger partial charge in [0.15, 0.2) is 5.69 Å². The second-order valence-corrected chi connectivity index (χ2v) is 6.59. The molecule has 0 saturated heterocycles. The Morgan fingerprint density at radius 3 is 2.32 bits per heavy atom. The van der Waals surface area contributed by atoms with Crippen LogP contribution in [0.4, 0.5) is 0 Å². The smallest absolute Gasteiger partial charge is 0.356 e. The van der Waals surface area contributed by atoms with Crippen LogP contribution in [0.25, 0.3) is 0 Å². The van der Waals surface area contributed by atoms with Crippen molar-refractivity contribution < 1.29 is 14.7 Å². The van der Waals surface area contributed by atoms with Crippen LogP contribution in [-0.2, 0) is 12.0 Å². The van der Waals surface area contributed by atoms with E-state index in [-0.39, 0.29) is 23.3 Å². The lowest BCUT2D eigenvalue weighted by molar-refractivity contribution is 0.0689. The summed E-state index contributed by atoms with van der Waals surface area (Å²) in [6.07, 6.45) is 2.17. The predicted octanol–water partition coefficient (Wildman–Crippen LogP) is 1.25. The van der Waals surface area contributed by atoms with E-state index in [0.717, 1.165) is 17.4 Å². The van der Waals surface area contributed by atoms with Crippen molar-refractivity contribution in [1.29, 1.82) is 0 Å². The van der Waals surface area contributed by atoms with E-state index in [2.05, 4.69) is 25.5 Å². The molecule has 2 aromatic rings. The number of hydrogen-bond donors (Lipinski definition) is 2. The van der Waals surface area contributed by atoms with Gasteiger partial charge in [-0.15, -0.1) is 10.2 Å². The molecule has 0 aliphatic rings. The van der Waals surface area contributed by atoms with Crippen LogP contribution < -0.4 is 5.32 Å². The van der Waals surface area contributed by atoms with Crippen LogP contribution in [0.15, 0.2) is 12.4 Å². The molecule has 2 N–H and O–H groups in total. The van der Waals surface area contributed by atoms with Gasteiger partial charge in [0.25, 0.3) is 5.91 Å². The molecular weight excluding hydrogens is 306 g/mol. The zero-order chi connectivity index (χ0) is 16.3. The van der Waals surface area contributed by atoms with Crippen molar-refractivity contribution >= 4 is 23.2 Å². The van der Waals surface area contributed by atoms with Gasteiger partial charge >= 0.3 is 5.97 Å². The van der Waals surface area contributed by atoms with Crippen molar-refractivity contribution in [2.24, 2.45) is 0 Å². The van der Waals surface area contributed by atoms with Crippen LogP contribution in [0.2, 0.25) is 0 Å². The minimum Gasteiger partial charge on any atom is -0.476 e. The molecule has 22 heavy (non-hydrogen) atoms. The van der Waals surface area contributed by atoms with E-state index in [9.17, 15) is 9.59 Å². The van der Waals surface area contributed by atoms with E-state index in [0.29, 0.717) is 5.01 Å². The Morgan fingerprint density at radius 2 is 1.82 bits per heavy atom. The molecule has 2 heterocycles. The number of carbonyl (C=O) groups is 2. The largest absolute Gasteiger partial charge is 0.476 e. The fourth-order valence-electron chi connectivity index (χ4n) is 1.43. The van der Waals surface area contributed by atoms with Crippen molar-refractivity contribution in [2.75, 3.05) is 0 Å². The molecule has 8 nitrogen and oxygen atoms in total. The maximum absolute atomic E-state index is 11.9. The summed E-state index contributed by atoms with van der Waals surface area (Å²) in [5.74, 6) is -1.64. The minimum absolute atomic E-state index is 0.0468. The molecular formula is C13H15N5O3S. The molecule has 0 saturated carbocycles. The third kappa shape index (κ3) is 3.82. The Bertz CT molecular complexity index is 690. The van der Waals surface area contributed by atoms with Gasteiger partial charge in [-0.1, -0.05) is 32.1 Å². The summed E-state index contributed by atoms with van der Waals surface area (Å²) < 4.78 is 0. The number of carboxylic acid groups (broad SMARTS) is 1. The van der Waals surface area contributed by atoms with Gasteiger partial charge in [-0.25, -0.2) is 14.8 Å². The van der Waals surface area contributed by atoms with E-state index in [1.165, 1.54) is 11.3 Å². The lowest BCUT2D eigenvalue weighted by atomic mass is 9.98. The second kappa shape index (κ2) is 6.14. The van der Waals surface area contributed by atoms with E-state index in [1.54, 1.807) is 0 Å². The average molecular weight is 321 g/mol. The summed E-state index contributed by atoms with van der Waals surface area (Å²) in [4.78, 5) is 30.0. The molecule has 0 radical (unpaired) electrons. The molecule has 1 amide bonds. The van der Waals surface area contributed by atoms with Gasteiger partial charge in [-0.2, -0.15) is 0 Å². The summed E-state index contributed by atoms with van der Waals surface area (Å²) in [7, 11) is 0. The molecule has 0 aliphatic heterocycles. The lowest BCUT2D eigenvalue weighted by Crippen LogP contribution is -2.24. The number of carbonyl (C=O) groups excluding carboxylic acids is 1. The van der Waals surface area contributed by atoms with Gasteiger partial charge in [0.2, 0.25) is 0 Å². The number of hydrogen-bond acceptors (Lipinski definition) is 7. The predicted molar refractivity (Wildman–Crippen MR) is 78.8 cm³/mol. The third-order valence-corrected chi connectivity index (χ3v) is 3.96. The first kappa shape index (κ1) is 16.0. The molecule has 2 aromatic heterocycles. The molecule has 2 rings (SSSR count). The summed E-state index contributed by atoms with van der Waals surface area (Å²) in [5.41, 5.74) is -0.251. The minimum atomic E-state index is -1.19. The van der Waals surface area contributed by atoms with Crippen LogP contribution >= 0.6 is 11.3 Å². The number of amides is 1. The maximum Gasteiger partial charge on any atom is 0.356 e. The summed E-state index contributed by atoms with van der Waals surface area (Å²) in [6, 6.07) is 0. The van der Waals surface area contributed by atoms with Crippen LogP contribution in [0.1, 0.15) is 51.8 Å². The van der Waals surface area contributed by atoms with Crippen LogP contribution in [-0.4, -0.2) is 37.1 Å². The molecule has 9 heteroatoms. The van der Waals surface area contributed by atoms with Crippen molar-refractivity contribution in [1.82, 2.24) is 25.5 Å². The molecule has 116 valence electrons. The quantitative estimate of drug-likeness (QED) is 0.870. The molecule has 0 spiro atoms. The topological polar surface area (TPSA) is 118 Å². The number of nitrogens with one attached hydrogen (secondary N) is 1. The van der Waals surface area contributed by atoms with Gasteiger partial charge in [-0.05, 0) is 0 Å². The van der Waals surface area contributed by atoms with Crippen molar-refractivity contribution in [2.45, 2.75) is 32.7 Å². The number of nitrogens with zero attached hydrogens (tertiary/aromatic N) is 4. The molecule has 0 atom stereocenters. The highest BCUT2D eigenvalue weighted by molar-refractivity contribution is 7.11. The van der Waals surface area contributed by atoms with E-state index in [1.807, 2.05) is 20.8 Å². The molecule has 0 aliphatic carbocycles. The number of aromatic carboxylic acids is 1. The number of aromatic nitrogens is 4. The van der Waals surface area contributed by atoms with E-state index in [4.69, 9.17) is 5.11 Å². The fraction of sp³-hybridized carbons (Fsp3) is 0.385. The standard InChI is InChI=1S/C13H15N5O3S/c1-13(2,3)12-18-17-9(22-12)6-16-10(19)7-4-15-8(5-14-7)11(20)21/h4-5H,6H2,1-3H3,(H,16,19)(H,20,21). The molecule has 0 unspecified atom stereocenters. The van der Waals surface area contributed by atoms with Gasteiger partial charge in [0, 0.05) is 5.41 Å². The zero-order valence-electron chi connectivity index (χ0n) is 12.3. The van der Waals surface area contributed by atoms with Crippen molar-refractivity contribution in [3.05, 3.63) is 33.8 Å². The highest BCUT2D eigenvalue weighted by Gasteiger charge is 2.19. The normalized spacial score (nSPS) is 11.2. The monoisotopic (exact) mass is 321 g/mol. The van der Waals surface area contributed by atoms with E-state index >= 15 is 0 Å². The average Bonchev–Trinajstić information content (AvgIpc) is 2.94. The second-order valence-electron chi connectivity index (χ2n) is 5.53. The first-order valence-corrected chi connectivity index (χ1v) is 7.25. The zero-order valence-corrected chi connectivity index (χ0v) is 13.1. The van der Waals surface area contributed by atoms with Crippen molar-refractivity contribution in [3.63, 3.8) is 0 Å². The highest BCUT2D eigenvalue weighted by atomic mass is 32.1. The summed E-state index contributed by atoms with van der Waals surface area (Å²) >= 11 is 1.43. The Hall–Kier alpha value is -2.42. The fourth-order valence-corrected chi connectivity index (χ4v) is 2.27. The number of rotatable bonds is 4.